The highest BCUT2D eigenvalue weighted by molar-refractivity contribution is 5.77. The zero-order valence-corrected chi connectivity index (χ0v) is 18.5. The Morgan fingerprint density at radius 2 is 2.03 bits per heavy atom. The number of aromatic nitrogens is 6. The Morgan fingerprint density at radius 3 is 2.82 bits per heavy atom. The van der Waals surface area contributed by atoms with Gasteiger partial charge >= 0.3 is 5.69 Å². The monoisotopic (exact) mass is 444 g/mol. The van der Waals surface area contributed by atoms with Crippen molar-refractivity contribution in [3.05, 3.63) is 57.1 Å². The van der Waals surface area contributed by atoms with Crippen molar-refractivity contribution in [1.82, 2.24) is 28.7 Å². The first kappa shape index (κ1) is 20.9. The van der Waals surface area contributed by atoms with Gasteiger partial charge in [0.05, 0.1) is 12.1 Å². The maximum Gasteiger partial charge on any atom is 0.332 e. The Morgan fingerprint density at radius 1 is 1.21 bits per heavy atom. The maximum atomic E-state index is 13.5. The van der Waals surface area contributed by atoms with E-state index in [-0.39, 0.29) is 23.8 Å². The van der Waals surface area contributed by atoms with Gasteiger partial charge < -0.3 is 10.6 Å². The molecule has 1 fully saturated rings. The highest BCUT2D eigenvalue weighted by Gasteiger charge is 2.26. The van der Waals surface area contributed by atoms with E-state index in [2.05, 4.69) is 26.9 Å². The SMILES string of the molecule is CC#Cn1c(N2CCC[C@@H](N)C2)nc2c1c(=O)n(Cc1ncc3ccccc3n1)c(=O)n2C. The molecule has 1 aromatic carbocycles. The minimum Gasteiger partial charge on any atom is -0.340 e. The minimum absolute atomic E-state index is 0.0205. The summed E-state index contributed by atoms with van der Waals surface area (Å²) in [5, 5.41) is 0.887. The molecule has 5 rings (SSSR count). The molecule has 4 heterocycles. The number of aryl methyl sites for hydroxylation is 1. The molecule has 0 aliphatic carbocycles. The average molecular weight is 444 g/mol. The van der Waals surface area contributed by atoms with Crippen molar-refractivity contribution in [2.75, 3.05) is 18.0 Å². The van der Waals surface area contributed by atoms with Crippen LogP contribution in [0.25, 0.3) is 22.1 Å². The van der Waals surface area contributed by atoms with Gasteiger partial charge in [-0.15, -0.1) is 0 Å². The summed E-state index contributed by atoms with van der Waals surface area (Å²) in [5.41, 5.74) is 6.49. The second-order valence-electron chi connectivity index (χ2n) is 8.21. The van der Waals surface area contributed by atoms with Gasteiger partial charge in [-0.1, -0.05) is 24.1 Å². The van der Waals surface area contributed by atoms with E-state index in [1.54, 1.807) is 24.7 Å². The van der Waals surface area contributed by atoms with Crippen LogP contribution >= 0.6 is 0 Å². The number of fused-ring (bicyclic) bond motifs is 2. The van der Waals surface area contributed by atoms with E-state index in [0.29, 0.717) is 18.3 Å². The molecule has 168 valence electrons. The molecule has 0 bridgehead atoms. The Hall–Kier alpha value is -3.97. The fraction of sp³-hybridized carbons (Fsp3) is 0.348. The number of nitrogens with zero attached hydrogens (tertiary/aromatic N) is 7. The van der Waals surface area contributed by atoms with Gasteiger partial charge in [0.15, 0.2) is 11.2 Å². The average Bonchev–Trinajstić information content (AvgIpc) is 3.20. The quantitative estimate of drug-likeness (QED) is 0.461. The summed E-state index contributed by atoms with van der Waals surface area (Å²) in [6.45, 7) is 3.01. The van der Waals surface area contributed by atoms with Gasteiger partial charge in [0.1, 0.15) is 5.82 Å². The van der Waals surface area contributed by atoms with Crippen molar-refractivity contribution < 1.29 is 0 Å². The fourth-order valence-electron chi connectivity index (χ4n) is 4.30. The predicted octanol–water partition coefficient (Wildman–Crippen LogP) is 0.645. The smallest absolute Gasteiger partial charge is 0.332 e. The number of para-hydroxylation sites is 1. The molecule has 4 aromatic rings. The normalized spacial score (nSPS) is 16.2. The van der Waals surface area contributed by atoms with Gasteiger partial charge in [-0.3, -0.25) is 13.9 Å². The summed E-state index contributed by atoms with van der Waals surface area (Å²) in [4.78, 5) is 42.2. The van der Waals surface area contributed by atoms with Crippen molar-refractivity contribution in [2.24, 2.45) is 12.8 Å². The number of hydrogen-bond acceptors (Lipinski definition) is 7. The molecule has 33 heavy (non-hydrogen) atoms. The van der Waals surface area contributed by atoms with Crippen molar-refractivity contribution in [3.8, 4) is 12.0 Å². The molecule has 0 spiro atoms. The number of anilines is 1. The molecule has 10 heteroatoms. The topological polar surface area (TPSA) is 117 Å². The molecule has 0 unspecified atom stereocenters. The number of hydrogen-bond donors (Lipinski definition) is 1. The predicted molar refractivity (Wildman–Crippen MR) is 126 cm³/mol. The Balaban J connectivity index is 1.68. The van der Waals surface area contributed by atoms with Crippen LogP contribution in [0, 0.1) is 12.0 Å². The van der Waals surface area contributed by atoms with Crippen LogP contribution in [-0.4, -0.2) is 47.8 Å². The molecule has 0 saturated carbocycles. The van der Waals surface area contributed by atoms with Crippen LogP contribution < -0.4 is 21.9 Å². The summed E-state index contributed by atoms with van der Waals surface area (Å²) >= 11 is 0. The molecular formula is C23H24N8O2. The van der Waals surface area contributed by atoms with Gasteiger partial charge in [0.2, 0.25) is 5.95 Å². The van der Waals surface area contributed by atoms with Gasteiger partial charge in [-0.05, 0) is 25.8 Å². The fourth-order valence-corrected chi connectivity index (χ4v) is 4.30. The molecule has 10 nitrogen and oxygen atoms in total. The molecule has 1 aliphatic heterocycles. The van der Waals surface area contributed by atoms with Crippen LogP contribution in [0.2, 0.25) is 0 Å². The first-order valence-electron chi connectivity index (χ1n) is 10.8. The molecule has 0 radical (unpaired) electrons. The van der Waals surface area contributed by atoms with E-state index >= 15 is 0 Å². The largest absolute Gasteiger partial charge is 0.340 e. The van der Waals surface area contributed by atoms with Crippen molar-refractivity contribution in [3.63, 3.8) is 0 Å². The summed E-state index contributed by atoms with van der Waals surface area (Å²) < 4.78 is 4.08. The third-order valence-corrected chi connectivity index (χ3v) is 5.93. The third-order valence-electron chi connectivity index (χ3n) is 5.93. The first-order chi connectivity index (χ1) is 16.0. The van der Waals surface area contributed by atoms with Gasteiger partial charge in [0.25, 0.3) is 5.56 Å². The lowest BCUT2D eigenvalue weighted by Crippen LogP contribution is -2.43. The molecule has 1 saturated heterocycles. The lowest BCUT2D eigenvalue weighted by molar-refractivity contribution is 0.499. The zero-order valence-electron chi connectivity index (χ0n) is 18.5. The van der Waals surface area contributed by atoms with Gasteiger partial charge in [-0.25, -0.2) is 19.3 Å². The number of piperidine rings is 1. The summed E-state index contributed by atoms with van der Waals surface area (Å²) in [6, 6.07) is 10.6. The minimum atomic E-state index is -0.486. The van der Waals surface area contributed by atoms with E-state index in [4.69, 9.17) is 5.73 Å². The maximum absolute atomic E-state index is 13.5. The summed E-state index contributed by atoms with van der Waals surface area (Å²) in [6.07, 6.45) is 3.55. The van der Waals surface area contributed by atoms with Gasteiger partial charge in [-0.2, -0.15) is 4.98 Å². The number of benzene rings is 1. The molecule has 1 aliphatic rings. The molecular weight excluding hydrogens is 420 g/mol. The van der Waals surface area contributed by atoms with E-state index in [9.17, 15) is 9.59 Å². The Labute approximate surface area is 189 Å². The van der Waals surface area contributed by atoms with Crippen LogP contribution in [-0.2, 0) is 13.6 Å². The number of imidazole rings is 1. The van der Waals surface area contributed by atoms with E-state index < -0.39 is 11.2 Å². The van der Waals surface area contributed by atoms with E-state index in [0.717, 1.165) is 34.9 Å². The van der Waals surface area contributed by atoms with Crippen LogP contribution in [0.4, 0.5) is 5.95 Å². The molecule has 2 N–H and O–H groups in total. The lowest BCUT2D eigenvalue weighted by atomic mass is 10.1. The highest BCUT2D eigenvalue weighted by atomic mass is 16.2. The van der Waals surface area contributed by atoms with Crippen LogP contribution in [0.3, 0.4) is 0 Å². The first-order valence-corrected chi connectivity index (χ1v) is 10.8. The molecule has 0 amide bonds. The number of rotatable bonds is 3. The molecule has 3 aromatic heterocycles. The highest BCUT2D eigenvalue weighted by Crippen LogP contribution is 2.22. The van der Waals surface area contributed by atoms with Crippen LogP contribution in [0.15, 0.2) is 40.1 Å². The third kappa shape index (κ3) is 3.56. The second kappa shape index (κ2) is 8.18. The second-order valence-corrected chi connectivity index (χ2v) is 8.21. The van der Waals surface area contributed by atoms with Gasteiger partial charge in [0, 0.05) is 43.8 Å². The molecule has 1 atom stereocenters. The summed E-state index contributed by atoms with van der Waals surface area (Å²) in [5.74, 6) is 3.76. The number of nitrogens with two attached hydrogens (primary N) is 1. The lowest BCUT2D eigenvalue weighted by Gasteiger charge is -2.31. The standard InChI is InChI=1S/C23H24N8O2/c1-3-10-30-19-20(27-22(30)29-11-6-8-16(24)13-29)28(2)23(33)31(21(19)32)14-18-25-12-15-7-4-5-9-17(15)26-18/h4-5,7,9,12,16H,6,8,11,13-14,24H2,1-2H3/t16-/m1/s1. The van der Waals surface area contributed by atoms with Crippen molar-refractivity contribution in [2.45, 2.75) is 32.4 Å². The van der Waals surface area contributed by atoms with E-state index in [1.165, 1.54) is 4.57 Å². The van der Waals surface area contributed by atoms with Crippen LogP contribution in [0.1, 0.15) is 25.6 Å². The zero-order chi connectivity index (χ0) is 23.1. The Bertz CT molecular complexity index is 1550. The van der Waals surface area contributed by atoms with E-state index in [1.807, 2.05) is 29.2 Å². The van der Waals surface area contributed by atoms with Crippen molar-refractivity contribution >= 4 is 28.0 Å². The summed E-state index contributed by atoms with van der Waals surface area (Å²) in [7, 11) is 1.60. The Kier molecular flexibility index (Phi) is 5.18. The van der Waals surface area contributed by atoms with Crippen molar-refractivity contribution in [1.29, 1.82) is 0 Å². The van der Waals surface area contributed by atoms with Crippen LogP contribution in [0.5, 0.6) is 0 Å².